The minimum absolute atomic E-state index is 0.0131. The van der Waals surface area contributed by atoms with Crippen molar-refractivity contribution in [1.29, 1.82) is 5.26 Å². The Morgan fingerprint density at radius 1 is 0.423 bits per heavy atom. The second-order valence-electron chi connectivity index (χ2n) is 12.5. The van der Waals surface area contributed by atoms with Crippen LogP contribution >= 0.6 is 0 Å². The Morgan fingerprint density at radius 2 is 0.942 bits per heavy atom. The fourth-order valence-electron chi connectivity index (χ4n) is 7.04. The van der Waals surface area contributed by atoms with Gasteiger partial charge in [0.1, 0.15) is 16.7 Å². The molecule has 0 amide bonds. The van der Waals surface area contributed by atoms with Crippen LogP contribution in [-0.4, -0.2) is 19.9 Å². The average Bonchev–Trinajstić information content (AvgIpc) is 3.81. The Labute approximate surface area is 297 Å². The summed E-state index contributed by atoms with van der Waals surface area (Å²) in [6.45, 7) is 0. The number of hydrogen-bond donors (Lipinski definition) is 0. The maximum Gasteiger partial charge on any atom is 0.301 e. The molecule has 0 aliphatic rings. The molecule has 3 aromatic heterocycles. The molecule has 0 aliphatic heterocycles. The van der Waals surface area contributed by atoms with Crippen LogP contribution in [-0.2, 0) is 0 Å². The maximum absolute atomic E-state index is 9.68. The minimum atomic E-state index is 0.0131. The summed E-state index contributed by atoms with van der Waals surface area (Å²) >= 11 is 0. The number of nitriles is 1. The summed E-state index contributed by atoms with van der Waals surface area (Å²) in [5, 5.41) is 13.7. The first-order valence-electron chi connectivity index (χ1n) is 16.9. The second kappa shape index (κ2) is 11.9. The summed E-state index contributed by atoms with van der Waals surface area (Å²) in [6, 6.07) is 52.8. The zero-order valence-electron chi connectivity index (χ0n) is 27.5. The number of benzene rings is 7. The normalized spacial score (nSPS) is 11.4. The highest BCUT2D eigenvalue weighted by molar-refractivity contribution is 6.20. The highest BCUT2D eigenvalue weighted by atomic mass is 16.4. The van der Waals surface area contributed by atoms with Gasteiger partial charge in [-0.3, -0.25) is 0 Å². The van der Waals surface area contributed by atoms with Crippen LogP contribution in [0.2, 0.25) is 0 Å². The van der Waals surface area contributed by atoms with Gasteiger partial charge in [0.15, 0.2) is 29.1 Å². The van der Waals surface area contributed by atoms with Crippen molar-refractivity contribution < 1.29 is 8.83 Å². The quantitative estimate of drug-likeness (QED) is 0.180. The molecule has 0 saturated heterocycles. The van der Waals surface area contributed by atoms with Crippen molar-refractivity contribution in [2.24, 2.45) is 0 Å². The molecule has 0 fully saturated rings. The molecule has 0 radical (unpaired) electrons. The standard InChI is InChI=1S/C45H25N5O2/c46-26-39-47-37-25-36-34-17-9-10-18-38(34)51-41(36)40(42(37)52-39)35-24-23-31(32-15-7-8-16-33(32)35)27-19-21-30(22-20-27)45-49-43(28-11-3-1-4-12-28)48-44(50-45)29-13-5-2-6-14-29/h1-25H. The van der Waals surface area contributed by atoms with E-state index < -0.39 is 0 Å². The van der Waals surface area contributed by atoms with E-state index in [-0.39, 0.29) is 5.89 Å². The van der Waals surface area contributed by atoms with Gasteiger partial charge in [-0.1, -0.05) is 140 Å². The third-order valence-corrected chi connectivity index (χ3v) is 9.46. The van der Waals surface area contributed by atoms with Crippen LogP contribution in [0.5, 0.6) is 0 Å². The van der Waals surface area contributed by atoms with Crippen LogP contribution in [0.3, 0.4) is 0 Å². The number of nitrogens with zero attached hydrogens (tertiary/aromatic N) is 5. The SMILES string of the molecule is N#Cc1nc2cc3c(oc4ccccc43)c(-c3ccc(-c4ccc(-c5nc(-c6ccccc6)nc(-c6ccccc6)n5)cc4)c4ccccc34)c2o1. The van der Waals surface area contributed by atoms with Crippen molar-refractivity contribution >= 4 is 43.8 Å². The third kappa shape index (κ3) is 4.82. The Balaban J connectivity index is 1.11. The first-order valence-corrected chi connectivity index (χ1v) is 16.9. The lowest BCUT2D eigenvalue weighted by Gasteiger charge is -2.13. The molecule has 0 bridgehead atoms. The molecule has 0 unspecified atom stereocenters. The lowest BCUT2D eigenvalue weighted by atomic mass is 9.91. The number of aromatic nitrogens is 4. The summed E-state index contributed by atoms with van der Waals surface area (Å²) in [6.07, 6.45) is 0. The lowest BCUT2D eigenvalue weighted by Crippen LogP contribution is -2.00. The van der Waals surface area contributed by atoms with E-state index in [9.17, 15) is 5.26 Å². The molecule has 0 N–H and O–H groups in total. The van der Waals surface area contributed by atoms with Crippen LogP contribution in [0.1, 0.15) is 5.89 Å². The predicted molar refractivity (Wildman–Crippen MR) is 204 cm³/mol. The van der Waals surface area contributed by atoms with Gasteiger partial charge in [-0.15, -0.1) is 0 Å². The van der Waals surface area contributed by atoms with Gasteiger partial charge < -0.3 is 8.83 Å². The molecular weight excluding hydrogens is 643 g/mol. The van der Waals surface area contributed by atoms with Crippen molar-refractivity contribution in [3.05, 3.63) is 158 Å². The molecule has 3 heterocycles. The molecule has 7 heteroatoms. The fourth-order valence-corrected chi connectivity index (χ4v) is 7.04. The first-order chi connectivity index (χ1) is 25.7. The third-order valence-electron chi connectivity index (χ3n) is 9.46. The molecule has 10 rings (SSSR count). The number of para-hydroxylation sites is 1. The van der Waals surface area contributed by atoms with E-state index >= 15 is 0 Å². The molecule has 0 atom stereocenters. The Bertz CT molecular complexity index is 2960. The van der Waals surface area contributed by atoms with Gasteiger partial charge in [0.05, 0.1) is 5.56 Å². The molecule has 10 aromatic rings. The summed E-state index contributed by atoms with van der Waals surface area (Å²) < 4.78 is 12.5. The minimum Gasteiger partial charge on any atom is -0.455 e. The monoisotopic (exact) mass is 667 g/mol. The van der Waals surface area contributed by atoms with Crippen molar-refractivity contribution in [3.8, 4) is 62.5 Å². The Hall–Kier alpha value is -7.43. The van der Waals surface area contributed by atoms with E-state index in [1.165, 1.54) is 0 Å². The summed E-state index contributed by atoms with van der Waals surface area (Å²) in [5.74, 6) is 1.86. The number of hydrogen-bond acceptors (Lipinski definition) is 7. The average molecular weight is 668 g/mol. The Kier molecular flexibility index (Phi) is 6.73. The Morgan fingerprint density at radius 3 is 1.58 bits per heavy atom. The van der Waals surface area contributed by atoms with E-state index in [0.29, 0.717) is 34.2 Å². The highest BCUT2D eigenvalue weighted by Crippen LogP contribution is 2.45. The van der Waals surface area contributed by atoms with Gasteiger partial charge >= 0.3 is 5.89 Å². The van der Waals surface area contributed by atoms with Crippen molar-refractivity contribution in [1.82, 2.24) is 19.9 Å². The van der Waals surface area contributed by atoms with E-state index in [2.05, 4.69) is 59.6 Å². The summed E-state index contributed by atoms with van der Waals surface area (Å²) in [7, 11) is 0. The van der Waals surface area contributed by atoms with Gasteiger partial charge in [0.2, 0.25) is 0 Å². The zero-order chi connectivity index (χ0) is 34.6. The molecule has 242 valence electrons. The van der Waals surface area contributed by atoms with Crippen LogP contribution < -0.4 is 0 Å². The topological polar surface area (TPSA) is 102 Å². The number of rotatable bonds is 5. The second-order valence-corrected chi connectivity index (χ2v) is 12.5. The molecule has 52 heavy (non-hydrogen) atoms. The molecule has 0 saturated carbocycles. The zero-order valence-corrected chi connectivity index (χ0v) is 27.5. The van der Waals surface area contributed by atoms with Crippen molar-refractivity contribution in [3.63, 3.8) is 0 Å². The number of fused-ring (bicyclic) bond motifs is 5. The van der Waals surface area contributed by atoms with Gasteiger partial charge in [-0.2, -0.15) is 10.2 Å². The van der Waals surface area contributed by atoms with Gasteiger partial charge in [-0.05, 0) is 39.6 Å². The van der Waals surface area contributed by atoms with E-state index in [0.717, 1.165) is 66.1 Å². The van der Waals surface area contributed by atoms with Crippen LogP contribution in [0.25, 0.3) is 100 Å². The van der Waals surface area contributed by atoms with E-state index in [4.69, 9.17) is 23.8 Å². The van der Waals surface area contributed by atoms with E-state index in [1.54, 1.807) is 0 Å². The maximum atomic E-state index is 9.68. The number of oxazole rings is 1. The van der Waals surface area contributed by atoms with Crippen molar-refractivity contribution in [2.45, 2.75) is 0 Å². The van der Waals surface area contributed by atoms with Crippen LogP contribution in [0.15, 0.2) is 160 Å². The first kappa shape index (κ1) is 29.5. The fraction of sp³-hybridized carbons (Fsp3) is 0. The number of furan rings is 1. The lowest BCUT2D eigenvalue weighted by molar-refractivity contribution is 0.584. The molecule has 0 spiro atoms. The predicted octanol–water partition coefficient (Wildman–Crippen LogP) is 11.3. The van der Waals surface area contributed by atoms with Crippen LogP contribution in [0.4, 0.5) is 0 Å². The van der Waals surface area contributed by atoms with Gasteiger partial charge in [-0.25, -0.2) is 15.0 Å². The highest BCUT2D eigenvalue weighted by Gasteiger charge is 2.23. The molecule has 7 aromatic carbocycles. The molecule has 0 aliphatic carbocycles. The van der Waals surface area contributed by atoms with E-state index in [1.807, 2.05) is 103 Å². The molecular formula is C45H25N5O2. The van der Waals surface area contributed by atoms with Crippen LogP contribution in [0, 0.1) is 11.3 Å². The smallest absolute Gasteiger partial charge is 0.301 e. The largest absolute Gasteiger partial charge is 0.455 e. The summed E-state index contributed by atoms with van der Waals surface area (Å²) in [5.41, 5.74) is 9.16. The van der Waals surface area contributed by atoms with Gasteiger partial charge in [0.25, 0.3) is 0 Å². The van der Waals surface area contributed by atoms with Crippen molar-refractivity contribution in [2.75, 3.05) is 0 Å². The molecule has 7 nitrogen and oxygen atoms in total. The van der Waals surface area contributed by atoms with Gasteiger partial charge in [0, 0.05) is 27.5 Å². The summed E-state index contributed by atoms with van der Waals surface area (Å²) in [4.78, 5) is 19.1.